The highest BCUT2D eigenvalue weighted by molar-refractivity contribution is 5.91. The van der Waals surface area contributed by atoms with E-state index in [0.717, 1.165) is 6.42 Å². The van der Waals surface area contributed by atoms with Crippen molar-refractivity contribution in [2.75, 3.05) is 25.5 Å². The van der Waals surface area contributed by atoms with Gasteiger partial charge in [0.2, 0.25) is 11.8 Å². The summed E-state index contributed by atoms with van der Waals surface area (Å²) in [6.07, 6.45) is 1.17. The van der Waals surface area contributed by atoms with Crippen LogP contribution in [0.4, 0.5) is 5.69 Å². The van der Waals surface area contributed by atoms with Crippen LogP contribution in [-0.2, 0) is 9.59 Å². The van der Waals surface area contributed by atoms with Gasteiger partial charge in [0.15, 0.2) is 0 Å². The van der Waals surface area contributed by atoms with Gasteiger partial charge in [-0.1, -0.05) is 13.0 Å². The van der Waals surface area contributed by atoms with Crippen LogP contribution in [0.3, 0.4) is 0 Å². The molecule has 0 saturated heterocycles. The van der Waals surface area contributed by atoms with E-state index in [9.17, 15) is 9.59 Å². The molecule has 2 amide bonds. The van der Waals surface area contributed by atoms with Gasteiger partial charge in [-0.3, -0.25) is 9.59 Å². The molecule has 0 fully saturated rings. The Bertz CT molecular complexity index is 460. The molecule has 5 nitrogen and oxygen atoms in total. The molecule has 0 bridgehead atoms. The average molecular weight is 278 g/mol. The Labute approximate surface area is 119 Å². The second-order valence-electron chi connectivity index (χ2n) is 4.54. The number of carbonyl (C=O) groups is 2. The van der Waals surface area contributed by atoms with Crippen molar-refractivity contribution >= 4 is 17.5 Å². The number of amides is 2. The normalized spacial score (nSPS) is 9.95. The maximum Gasteiger partial charge on any atom is 0.226 e. The maximum atomic E-state index is 11.9. The van der Waals surface area contributed by atoms with E-state index in [4.69, 9.17) is 4.74 Å². The molecule has 0 aliphatic rings. The Kier molecular flexibility index (Phi) is 6.56. The van der Waals surface area contributed by atoms with E-state index >= 15 is 0 Å². The molecule has 0 saturated carbocycles. The van der Waals surface area contributed by atoms with Gasteiger partial charge in [-0.25, -0.2) is 0 Å². The first kappa shape index (κ1) is 16.0. The van der Waals surface area contributed by atoms with Gasteiger partial charge >= 0.3 is 0 Å². The van der Waals surface area contributed by atoms with Crippen molar-refractivity contribution in [2.24, 2.45) is 0 Å². The Hall–Kier alpha value is -2.04. The molecule has 20 heavy (non-hydrogen) atoms. The summed E-state index contributed by atoms with van der Waals surface area (Å²) in [6, 6.07) is 7.18. The van der Waals surface area contributed by atoms with Gasteiger partial charge < -0.3 is 15.0 Å². The topological polar surface area (TPSA) is 58.6 Å². The van der Waals surface area contributed by atoms with Gasteiger partial charge in [0, 0.05) is 38.2 Å². The molecule has 0 aliphatic heterocycles. The molecule has 0 aliphatic carbocycles. The van der Waals surface area contributed by atoms with E-state index in [-0.39, 0.29) is 18.2 Å². The number of carbonyl (C=O) groups excluding carboxylic acids is 2. The van der Waals surface area contributed by atoms with Gasteiger partial charge in [0.1, 0.15) is 5.75 Å². The first-order chi connectivity index (χ1) is 9.56. The standard InChI is InChI=1S/C15H22N2O3/c1-4-9-17(12(2)18)10-8-15(19)16-13-6-5-7-14(11-13)20-3/h5-7,11H,4,8-10H2,1-3H3,(H,16,19). The minimum Gasteiger partial charge on any atom is -0.497 e. The van der Waals surface area contributed by atoms with E-state index < -0.39 is 0 Å². The second-order valence-corrected chi connectivity index (χ2v) is 4.54. The van der Waals surface area contributed by atoms with Crippen molar-refractivity contribution in [3.63, 3.8) is 0 Å². The lowest BCUT2D eigenvalue weighted by molar-refractivity contribution is -0.129. The number of nitrogens with one attached hydrogen (secondary N) is 1. The minimum absolute atomic E-state index is 0.000954. The number of methoxy groups -OCH3 is 1. The summed E-state index contributed by atoms with van der Waals surface area (Å²) in [7, 11) is 1.58. The monoisotopic (exact) mass is 278 g/mol. The number of benzene rings is 1. The molecule has 5 heteroatoms. The minimum atomic E-state index is -0.111. The predicted molar refractivity (Wildman–Crippen MR) is 78.8 cm³/mol. The summed E-state index contributed by atoms with van der Waals surface area (Å²) in [5.41, 5.74) is 0.694. The number of anilines is 1. The average Bonchev–Trinajstić information content (AvgIpc) is 2.43. The van der Waals surface area contributed by atoms with Gasteiger partial charge in [0.25, 0.3) is 0 Å². The lowest BCUT2D eigenvalue weighted by atomic mass is 10.2. The van der Waals surface area contributed by atoms with Crippen LogP contribution in [0, 0.1) is 0 Å². The molecular weight excluding hydrogens is 256 g/mol. The fourth-order valence-corrected chi connectivity index (χ4v) is 1.86. The highest BCUT2D eigenvalue weighted by Gasteiger charge is 2.10. The van der Waals surface area contributed by atoms with Gasteiger partial charge in [-0.05, 0) is 18.6 Å². The maximum absolute atomic E-state index is 11.9. The summed E-state index contributed by atoms with van der Waals surface area (Å²) in [5.74, 6) is 0.584. The molecule has 0 spiro atoms. The van der Waals surface area contributed by atoms with Crippen LogP contribution in [0.15, 0.2) is 24.3 Å². The number of hydrogen-bond acceptors (Lipinski definition) is 3. The number of nitrogens with zero attached hydrogens (tertiary/aromatic N) is 1. The predicted octanol–water partition coefficient (Wildman–Crippen LogP) is 2.28. The largest absolute Gasteiger partial charge is 0.497 e. The van der Waals surface area contributed by atoms with Crippen molar-refractivity contribution < 1.29 is 14.3 Å². The van der Waals surface area contributed by atoms with Crippen molar-refractivity contribution in [3.8, 4) is 5.75 Å². The summed E-state index contributed by atoms with van der Waals surface area (Å²) < 4.78 is 5.09. The molecular formula is C15H22N2O3. The van der Waals surface area contributed by atoms with Crippen LogP contribution >= 0.6 is 0 Å². The molecule has 0 aromatic heterocycles. The number of hydrogen-bond donors (Lipinski definition) is 1. The third-order valence-corrected chi connectivity index (χ3v) is 2.90. The highest BCUT2D eigenvalue weighted by atomic mass is 16.5. The molecule has 110 valence electrons. The molecule has 0 atom stereocenters. The Morgan fingerprint density at radius 3 is 2.65 bits per heavy atom. The summed E-state index contributed by atoms with van der Waals surface area (Å²) >= 11 is 0. The van der Waals surface area contributed by atoms with Gasteiger partial charge in [-0.2, -0.15) is 0 Å². The molecule has 1 aromatic rings. The molecule has 1 aromatic carbocycles. The van der Waals surface area contributed by atoms with Crippen LogP contribution < -0.4 is 10.1 Å². The lowest BCUT2D eigenvalue weighted by Gasteiger charge is -2.19. The smallest absolute Gasteiger partial charge is 0.226 e. The Morgan fingerprint density at radius 2 is 2.05 bits per heavy atom. The SMILES string of the molecule is CCCN(CCC(=O)Nc1cccc(OC)c1)C(C)=O. The zero-order chi connectivity index (χ0) is 15.0. The zero-order valence-corrected chi connectivity index (χ0v) is 12.3. The molecule has 0 unspecified atom stereocenters. The summed E-state index contributed by atoms with van der Waals surface area (Å²) in [4.78, 5) is 24.9. The van der Waals surface area contributed by atoms with E-state index in [1.165, 1.54) is 6.92 Å². The second kappa shape index (κ2) is 8.19. The van der Waals surface area contributed by atoms with Crippen molar-refractivity contribution in [2.45, 2.75) is 26.7 Å². The quantitative estimate of drug-likeness (QED) is 0.832. The molecule has 0 radical (unpaired) electrons. The van der Waals surface area contributed by atoms with Crippen molar-refractivity contribution in [1.29, 1.82) is 0 Å². The highest BCUT2D eigenvalue weighted by Crippen LogP contribution is 2.16. The zero-order valence-electron chi connectivity index (χ0n) is 12.3. The van der Waals surface area contributed by atoms with Crippen LogP contribution in [0.25, 0.3) is 0 Å². The summed E-state index contributed by atoms with van der Waals surface area (Å²) in [6.45, 7) is 4.66. The van der Waals surface area contributed by atoms with Crippen LogP contribution in [0.2, 0.25) is 0 Å². The lowest BCUT2D eigenvalue weighted by Crippen LogP contribution is -2.32. The first-order valence-electron chi connectivity index (χ1n) is 6.76. The van der Waals surface area contributed by atoms with Crippen LogP contribution in [0.1, 0.15) is 26.7 Å². The Balaban J connectivity index is 2.48. The van der Waals surface area contributed by atoms with Gasteiger partial charge in [-0.15, -0.1) is 0 Å². The number of ether oxygens (including phenoxy) is 1. The van der Waals surface area contributed by atoms with Gasteiger partial charge in [0.05, 0.1) is 7.11 Å². The van der Waals surface area contributed by atoms with E-state index in [2.05, 4.69) is 5.32 Å². The fourth-order valence-electron chi connectivity index (χ4n) is 1.86. The van der Waals surface area contributed by atoms with E-state index in [1.54, 1.807) is 24.1 Å². The first-order valence-corrected chi connectivity index (χ1v) is 6.76. The van der Waals surface area contributed by atoms with Crippen LogP contribution in [-0.4, -0.2) is 36.9 Å². The number of rotatable bonds is 7. The van der Waals surface area contributed by atoms with E-state index in [1.807, 2.05) is 19.1 Å². The fraction of sp³-hybridized carbons (Fsp3) is 0.467. The third-order valence-electron chi connectivity index (χ3n) is 2.90. The molecule has 1 rings (SSSR count). The third kappa shape index (κ3) is 5.30. The van der Waals surface area contributed by atoms with Crippen molar-refractivity contribution in [3.05, 3.63) is 24.3 Å². The molecule has 0 heterocycles. The van der Waals surface area contributed by atoms with Crippen molar-refractivity contribution in [1.82, 2.24) is 4.90 Å². The Morgan fingerprint density at radius 1 is 1.30 bits per heavy atom. The molecule has 1 N–H and O–H groups in total. The summed E-state index contributed by atoms with van der Waals surface area (Å²) in [5, 5.41) is 2.80. The van der Waals surface area contributed by atoms with Crippen LogP contribution in [0.5, 0.6) is 5.75 Å². The van der Waals surface area contributed by atoms with E-state index in [0.29, 0.717) is 24.5 Å².